The molecule has 1 aliphatic rings. The van der Waals surface area contributed by atoms with Crippen LogP contribution in [0.2, 0.25) is 5.02 Å². The number of likely N-dealkylation sites (tertiary alicyclic amines) is 1. The van der Waals surface area contributed by atoms with Gasteiger partial charge in [0.15, 0.2) is 0 Å². The van der Waals surface area contributed by atoms with Crippen molar-refractivity contribution in [3.8, 4) is 5.69 Å². The Labute approximate surface area is 218 Å². The quantitative estimate of drug-likeness (QED) is 0.440. The molecule has 1 saturated heterocycles. The summed E-state index contributed by atoms with van der Waals surface area (Å²) in [6.45, 7) is 0.105. The number of anilines is 2. The SMILES string of the molecule is CO[C@@H]1C[C@H](C(=O)Nc2ccc(-n3cccc(C(F)(F)F)c3=O)cc2F)N(C(=O)Nc2ccc(Cl)cc2)C1. The lowest BCUT2D eigenvalue weighted by Gasteiger charge is -2.24. The van der Waals surface area contributed by atoms with Crippen LogP contribution in [0.5, 0.6) is 0 Å². The average Bonchev–Trinajstić information content (AvgIpc) is 3.31. The Bertz CT molecular complexity index is 1410. The summed E-state index contributed by atoms with van der Waals surface area (Å²) in [7, 11) is 1.44. The van der Waals surface area contributed by atoms with E-state index in [0.717, 1.165) is 24.4 Å². The fourth-order valence-electron chi connectivity index (χ4n) is 4.05. The Morgan fingerprint density at radius 3 is 2.42 bits per heavy atom. The minimum Gasteiger partial charge on any atom is -0.380 e. The molecule has 38 heavy (non-hydrogen) atoms. The van der Waals surface area contributed by atoms with Crippen LogP contribution in [-0.2, 0) is 15.7 Å². The number of hydrogen-bond acceptors (Lipinski definition) is 4. The van der Waals surface area contributed by atoms with Gasteiger partial charge in [-0.05, 0) is 48.5 Å². The molecule has 0 unspecified atom stereocenters. The molecule has 2 aromatic carbocycles. The molecule has 0 radical (unpaired) electrons. The number of rotatable bonds is 5. The first-order chi connectivity index (χ1) is 18.0. The number of amides is 3. The van der Waals surface area contributed by atoms with Crippen molar-refractivity contribution in [2.75, 3.05) is 24.3 Å². The number of urea groups is 1. The number of aromatic nitrogens is 1. The fraction of sp³-hybridized carbons (Fsp3) is 0.240. The largest absolute Gasteiger partial charge is 0.421 e. The summed E-state index contributed by atoms with van der Waals surface area (Å²) in [6.07, 6.45) is -4.10. The molecule has 3 amide bonds. The second kappa shape index (κ2) is 10.8. The highest BCUT2D eigenvalue weighted by Gasteiger charge is 2.40. The Hall–Kier alpha value is -3.90. The maximum atomic E-state index is 14.9. The normalized spacial score (nSPS) is 17.4. The summed E-state index contributed by atoms with van der Waals surface area (Å²) < 4.78 is 60.1. The van der Waals surface area contributed by atoms with Gasteiger partial charge < -0.3 is 20.3 Å². The summed E-state index contributed by atoms with van der Waals surface area (Å²) >= 11 is 5.86. The molecule has 1 aromatic heterocycles. The number of pyridine rings is 1. The molecule has 200 valence electrons. The molecule has 2 atom stereocenters. The molecule has 0 aliphatic carbocycles. The molecule has 3 aromatic rings. The molecule has 0 saturated carbocycles. The van der Waals surface area contributed by atoms with Crippen LogP contribution in [0.3, 0.4) is 0 Å². The van der Waals surface area contributed by atoms with Crippen LogP contribution < -0.4 is 16.2 Å². The molecule has 2 heterocycles. The number of halogens is 5. The third-order valence-corrected chi connectivity index (χ3v) is 6.25. The van der Waals surface area contributed by atoms with Crippen molar-refractivity contribution in [3.63, 3.8) is 0 Å². The zero-order chi connectivity index (χ0) is 27.6. The molecule has 1 aliphatic heterocycles. The smallest absolute Gasteiger partial charge is 0.380 e. The number of benzene rings is 2. The maximum absolute atomic E-state index is 14.9. The lowest BCUT2D eigenvalue weighted by Crippen LogP contribution is -2.45. The van der Waals surface area contributed by atoms with Gasteiger partial charge >= 0.3 is 12.2 Å². The van der Waals surface area contributed by atoms with Crippen molar-refractivity contribution in [2.45, 2.75) is 24.7 Å². The van der Waals surface area contributed by atoms with E-state index in [1.54, 1.807) is 24.3 Å². The fourth-order valence-corrected chi connectivity index (χ4v) is 4.18. The molecule has 0 spiro atoms. The van der Waals surface area contributed by atoms with Crippen LogP contribution in [0.1, 0.15) is 12.0 Å². The van der Waals surface area contributed by atoms with Gasteiger partial charge in [0.1, 0.15) is 17.4 Å². The van der Waals surface area contributed by atoms with Gasteiger partial charge in [-0.3, -0.25) is 14.2 Å². The van der Waals surface area contributed by atoms with Crippen LogP contribution in [0.4, 0.5) is 33.7 Å². The molecule has 8 nitrogen and oxygen atoms in total. The van der Waals surface area contributed by atoms with Crippen LogP contribution in [0.15, 0.2) is 65.6 Å². The predicted molar refractivity (Wildman–Crippen MR) is 132 cm³/mol. The van der Waals surface area contributed by atoms with Crippen molar-refractivity contribution in [3.05, 3.63) is 87.6 Å². The third-order valence-electron chi connectivity index (χ3n) is 6.00. The van der Waals surface area contributed by atoms with E-state index >= 15 is 0 Å². The second-order valence-electron chi connectivity index (χ2n) is 8.45. The molecular weight excluding hydrogens is 532 g/mol. The van der Waals surface area contributed by atoms with Crippen molar-refractivity contribution in [1.82, 2.24) is 9.47 Å². The van der Waals surface area contributed by atoms with Crippen LogP contribution in [0, 0.1) is 5.82 Å². The number of nitrogens with zero attached hydrogens (tertiary/aromatic N) is 2. The van der Waals surface area contributed by atoms with E-state index in [9.17, 15) is 31.9 Å². The van der Waals surface area contributed by atoms with Gasteiger partial charge in [-0.1, -0.05) is 11.6 Å². The highest BCUT2D eigenvalue weighted by atomic mass is 35.5. The van der Waals surface area contributed by atoms with E-state index in [-0.39, 0.29) is 24.3 Å². The lowest BCUT2D eigenvalue weighted by molar-refractivity contribution is -0.138. The van der Waals surface area contributed by atoms with E-state index in [4.69, 9.17) is 16.3 Å². The number of carbonyl (C=O) groups is 2. The lowest BCUT2D eigenvalue weighted by atomic mass is 10.1. The van der Waals surface area contributed by atoms with E-state index in [2.05, 4.69) is 10.6 Å². The van der Waals surface area contributed by atoms with E-state index < -0.39 is 47.2 Å². The van der Waals surface area contributed by atoms with Gasteiger partial charge in [-0.2, -0.15) is 13.2 Å². The Morgan fingerprint density at radius 1 is 1.08 bits per heavy atom. The van der Waals surface area contributed by atoms with E-state index in [1.165, 1.54) is 18.1 Å². The molecule has 2 N–H and O–H groups in total. The first-order valence-electron chi connectivity index (χ1n) is 11.2. The molecule has 13 heteroatoms. The number of hydrogen-bond donors (Lipinski definition) is 2. The number of methoxy groups -OCH3 is 1. The average molecular weight is 553 g/mol. The molecule has 0 bridgehead atoms. The van der Waals surface area contributed by atoms with Gasteiger partial charge in [0, 0.05) is 43.0 Å². The third kappa shape index (κ3) is 5.81. The summed E-state index contributed by atoms with van der Waals surface area (Å²) in [5.74, 6) is -1.68. The van der Waals surface area contributed by atoms with Crippen LogP contribution in [-0.4, -0.2) is 47.2 Å². The highest BCUT2D eigenvalue weighted by Crippen LogP contribution is 2.28. The summed E-state index contributed by atoms with van der Waals surface area (Å²) in [5.41, 5.74) is -2.76. The minimum absolute atomic E-state index is 0.105. The standard InChI is InChI=1S/C25H21ClF4N4O4/c1-38-17-12-21(34(13-17)24(37)31-15-6-4-14(26)5-7-15)22(35)32-20-9-8-16(11-19(20)27)33-10-2-3-18(23(33)36)25(28,29)30/h2-11,17,21H,12-13H2,1H3,(H,31,37)(H,32,35)/t17-,21-/m1/s1. The van der Waals surface area contributed by atoms with Crippen molar-refractivity contribution < 1.29 is 31.9 Å². The zero-order valence-electron chi connectivity index (χ0n) is 19.8. The number of ether oxygens (including phenoxy) is 1. The molecule has 4 rings (SSSR count). The van der Waals surface area contributed by atoms with Crippen LogP contribution >= 0.6 is 11.6 Å². The number of alkyl halides is 3. The maximum Gasteiger partial charge on any atom is 0.421 e. The Balaban J connectivity index is 1.52. The zero-order valence-corrected chi connectivity index (χ0v) is 20.5. The van der Waals surface area contributed by atoms with Crippen molar-refractivity contribution >= 4 is 34.9 Å². The van der Waals surface area contributed by atoms with Gasteiger partial charge in [0.2, 0.25) is 5.91 Å². The van der Waals surface area contributed by atoms with Gasteiger partial charge in [-0.25, -0.2) is 9.18 Å². The topological polar surface area (TPSA) is 92.7 Å². The Kier molecular flexibility index (Phi) is 7.74. The molecular formula is C25H21ClF4N4O4. The summed E-state index contributed by atoms with van der Waals surface area (Å²) in [5, 5.41) is 5.55. The van der Waals surface area contributed by atoms with Crippen molar-refractivity contribution in [2.24, 2.45) is 0 Å². The minimum atomic E-state index is -4.88. The van der Waals surface area contributed by atoms with Crippen molar-refractivity contribution in [1.29, 1.82) is 0 Å². The number of carbonyl (C=O) groups excluding carboxylic acids is 2. The second-order valence-corrected chi connectivity index (χ2v) is 8.88. The Morgan fingerprint density at radius 2 is 1.79 bits per heavy atom. The highest BCUT2D eigenvalue weighted by molar-refractivity contribution is 6.30. The van der Waals surface area contributed by atoms with Gasteiger partial charge in [0.25, 0.3) is 5.56 Å². The van der Waals surface area contributed by atoms with Gasteiger partial charge in [-0.15, -0.1) is 0 Å². The number of nitrogens with one attached hydrogen (secondary N) is 2. The van der Waals surface area contributed by atoms with Gasteiger partial charge in [0.05, 0.1) is 17.5 Å². The predicted octanol–water partition coefficient (Wildman–Crippen LogP) is 4.91. The summed E-state index contributed by atoms with van der Waals surface area (Å²) in [6, 6.07) is 9.57. The first-order valence-corrected chi connectivity index (χ1v) is 11.6. The first kappa shape index (κ1) is 27.1. The van der Waals surface area contributed by atoms with E-state index in [0.29, 0.717) is 21.3 Å². The summed E-state index contributed by atoms with van der Waals surface area (Å²) in [4.78, 5) is 39.5. The molecule has 1 fully saturated rings. The van der Waals surface area contributed by atoms with Crippen LogP contribution in [0.25, 0.3) is 5.69 Å². The van der Waals surface area contributed by atoms with E-state index in [1.807, 2.05) is 0 Å². The monoisotopic (exact) mass is 552 g/mol.